The van der Waals surface area contributed by atoms with Crippen LogP contribution >= 0.6 is 0 Å². The van der Waals surface area contributed by atoms with E-state index in [-0.39, 0.29) is 0 Å². The molecule has 1 aromatic carbocycles. The second-order valence-electron chi connectivity index (χ2n) is 8.14. The summed E-state index contributed by atoms with van der Waals surface area (Å²) in [4.78, 5) is 13.7. The fourth-order valence-corrected chi connectivity index (χ4v) is 4.72. The molecule has 0 saturated carbocycles. The highest BCUT2D eigenvalue weighted by atomic mass is 15.1. The molecule has 4 heterocycles. The molecule has 29 heavy (non-hydrogen) atoms. The summed E-state index contributed by atoms with van der Waals surface area (Å²) in [5, 5.41) is 8.41. The largest absolute Gasteiger partial charge is 0.354 e. The molecular weight excluding hydrogens is 360 g/mol. The summed E-state index contributed by atoms with van der Waals surface area (Å²) in [7, 11) is 0. The van der Waals surface area contributed by atoms with Crippen molar-refractivity contribution in [1.82, 2.24) is 30.0 Å². The van der Waals surface area contributed by atoms with E-state index in [1.807, 2.05) is 12.4 Å². The Kier molecular flexibility index (Phi) is 4.72. The first-order valence-electron chi connectivity index (χ1n) is 10.6. The third-order valence-electron chi connectivity index (χ3n) is 6.45. The minimum atomic E-state index is 0.635. The van der Waals surface area contributed by atoms with Crippen LogP contribution in [0.5, 0.6) is 0 Å². The SMILES string of the molecule is CCc1c(-c2cn[nH]c2)[nH]c2ccc(C3CCN(Cc4[nH]cnc4C)CC3)cc12. The molecule has 0 aliphatic carbocycles. The molecule has 0 radical (unpaired) electrons. The Balaban J connectivity index is 1.35. The molecule has 0 spiro atoms. The number of nitrogens with zero attached hydrogens (tertiary/aromatic N) is 3. The molecule has 0 atom stereocenters. The maximum absolute atomic E-state index is 4.32. The zero-order valence-electron chi connectivity index (χ0n) is 17.1. The van der Waals surface area contributed by atoms with Crippen molar-refractivity contribution in [2.24, 2.45) is 0 Å². The van der Waals surface area contributed by atoms with Gasteiger partial charge in [0.25, 0.3) is 0 Å². The number of hydrogen-bond acceptors (Lipinski definition) is 3. The van der Waals surface area contributed by atoms with E-state index in [0.717, 1.165) is 37.3 Å². The van der Waals surface area contributed by atoms with Gasteiger partial charge in [0.2, 0.25) is 0 Å². The second-order valence-corrected chi connectivity index (χ2v) is 8.14. The van der Waals surface area contributed by atoms with Crippen LogP contribution in [0, 0.1) is 6.92 Å². The fourth-order valence-electron chi connectivity index (χ4n) is 4.72. The molecule has 0 amide bonds. The van der Waals surface area contributed by atoms with E-state index in [4.69, 9.17) is 0 Å². The molecule has 6 nitrogen and oxygen atoms in total. The lowest BCUT2D eigenvalue weighted by Crippen LogP contribution is -2.32. The minimum Gasteiger partial charge on any atom is -0.354 e. The van der Waals surface area contributed by atoms with Gasteiger partial charge in [-0.15, -0.1) is 0 Å². The number of imidazole rings is 1. The van der Waals surface area contributed by atoms with Gasteiger partial charge in [-0.1, -0.05) is 13.0 Å². The van der Waals surface area contributed by atoms with Crippen LogP contribution in [0.4, 0.5) is 0 Å². The monoisotopic (exact) mass is 388 g/mol. The van der Waals surface area contributed by atoms with Crippen LogP contribution in [-0.4, -0.2) is 43.1 Å². The number of hydrogen-bond donors (Lipinski definition) is 3. The molecule has 3 N–H and O–H groups in total. The minimum absolute atomic E-state index is 0.635. The van der Waals surface area contributed by atoms with Crippen LogP contribution in [0.15, 0.2) is 36.9 Å². The number of piperidine rings is 1. The van der Waals surface area contributed by atoms with E-state index >= 15 is 0 Å². The molecule has 0 bridgehead atoms. The zero-order chi connectivity index (χ0) is 19.8. The van der Waals surface area contributed by atoms with Crippen molar-refractivity contribution in [2.75, 3.05) is 13.1 Å². The Morgan fingerprint density at radius 3 is 2.76 bits per heavy atom. The number of nitrogens with one attached hydrogen (secondary N) is 3. The van der Waals surface area contributed by atoms with Crippen LogP contribution in [0.3, 0.4) is 0 Å². The van der Waals surface area contributed by atoms with Crippen molar-refractivity contribution in [2.45, 2.75) is 45.6 Å². The average Bonchev–Trinajstić information content (AvgIpc) is 3.48. The highest BCUT2D eigenvalue weighted by molar-refractivity contribution is 5.91. The average molecular weight is 389 g/mol. The summed E-state index contributed by atoms with van der Waals surface area (Å²) in [5.74, 6) is 0.635. The first-order chi connectivity index (χ1) is 14.2. The van der Waals surface area contributed by atoms with Crippen LogP contribution in [0.2, 0.25) is 0 Å². The Labute approximate surface area is 170 Å². The van der Waals surface area contributed by atoms with Gasteiger partial charge in [0.15, 0.2) is 0 Å². The lowest BCUT2D eigenvalue weighted by molar-refractivity contribution is 0.202. The smallest absolute Gasteiger partial charge is 0.0925 e. The number of aryl methyl sites for hydroxylation is 2. The third kappa shape index (κ3) is 3.38. The third-order valence-corrected chi connectivity index (χ3v) is 6.45. The van der Waals surface area contributed by atoms with Gasteiger partial charge < -0.3 is 9.97 Å². The predicted octanol–water partition coefficient (Wildman–Crippen LogP) is 4.53. The van der Waals surface area contributed by atoms with Crippen LogP contribution in [-0.2, 0) is 13.0 Å². The van der Waals surface area contributed by atoms with Crippen LogP contribution in [0.1, 0.15) is 48.2 Å². The summed E-state index contributed by atoms with van der Waals surface area (Å²) in [6.07, 6.45) is 9.07. The first kappa shape index (κ1) is 18.2. The molecule has 4 aromatic rings. The van der Waals surface area contributed by atoms with Crippen LogP contribution in [0.25, 0.3) is 22.2 Å². The Bertz CT molecular complexity index is 1100. The van der Waals surface area contributed by atoms with E-state index in [0.29, 0.717) is 5.92 Å². The zero-order valence-corrected chi connectivity index (χ0v) is 17.1. The molecule has 3 aromatic heterocycles. The van der Waals surface area contributed by atoms with E-state index < -0.39 is 0 Å². The summed E-state index contributed by atoms with van der Waals surface area (Å²) < 4.78 is 0. The quantitative estimate of drug-likeness (QED) is 0.470. The highest BCUT2D eigenvalue weighted by Crippen LogP contribution is 2.35. The van der Waals surface area contributed by atoms with Gasteiger partial charge in [0.05, 0.1) is 29.6 Å². The van der Waals surface area contributed by atoms with Gasteiger partial charge in [-0.25, -0.2) is 4.98 Å². The van der Waals surface area contributed by atoms with Gasteiger partial charge >= 0.3 is 0 Å². The van der Waals surface area contributed by atoms with Gasteiger partial charge in [-0.05, 0) is 68.5 Å². The molecular formula is C23H28N6. The van der Waals surface area contributed by atoms with Crippen molar-refractivity contribution in [3.8, 4) is 11.3 Å². The van der Waals surface area contributed by atoms with E-state index in [1.165, 1.54) is 46.3 Å². The second kappa shape index (κ2) is 7.52. The Hall–Kier alpha value is -2.86. The molecule has 0 unspecified atom stereocenters. The molecule has 150 valence electrons. The number of likely N-dealkylation sites (tertiary alicyclic amines) is 1. The van der Waals surface area contributed by atoms with Gasteiger partial charge in [-0.2, -0.15) is 5.10 Å². The highest BCUT2D eigenvalue weighted by Gasteiger charge is 2.22. The molecule has 6 heteroatoms. The summed E-state index contributed by atoms with van der Waals surface area (Å²) >= 11 is 0. The number of aromatic nitrogens is 5. The lowest BCUT2D eigenvalue weighted by atomic mass is 9.88. The molecule has 1 aliphatic heterocycles. The molecule has 1 fully saturated rings. The number of benzene rings is 1. The number of H-pyrrole nitrogens is 3. The molecule has 5 rings (SSSR count). The lowest BCUT2D eigenvalue weighted by Gasteiger charge is -2.32. The standard InChI is InChI=1S/C23H28N6/c1-3-19-20-10-17(4-5-21(20)28-23(19)18-11-26-27-12-18)16-6-8-29(9-7-16)13-22-15(2)24-14-25-22/h4-5,10-12,14,16,28H,3,6-9,13H2,1-2H3,(H,24,25)(H,26,27). The van der Waals surface area contributed by atoms with E-state index in [2.05, 4.69) is 62.1 Å². The van der Waals surface area contributed by atoms with Crippen molar-refractivity contribution in [1.29, 1.82) is 0 Å². The van der Waals surface area contributed by atoms with Crippen molar-refractivity contribution < 1.29 is 0 Å². The number of aromatic amines is 3. The maximum Gasteiger partial charge on any atom is 0.0925 e. The summed E-state index contributed by atoms with van der Waals surface area (Å²) in [6.45, 7) is 7.55. The van der Waals surface area contributed by atoms with E-state index in [9.17, 15) is 0 Å². The Morgan fingerprint density at radius 1 is 1.21 bits per heavy atom. The van der Waals surface area contributed by atoms with Gasteiger partial charge in [0.1, 0.15) is 0 Å². The van der Waals surface area contributed by atoms with Gasteiger partial charge in [-0.3, -0.25) is 10.00 Å². The first-order valence-corrected chi connectivity index (χ1v) is 10.6. The van der Waals surface area contributed by atoms with E-state index in [1.54, 1.807) is 6.33 Å². The Morgan fingerprint density at radius 2 is 2.07 bits per heavy atom. The fraction of sp³-hybridized carbons (Fsp3) is 0.391. The van der Waals surface area contributed by atoms with Crippen molar-refractivity contribution in [3.63, 3.8) is 0 Å². The number of fused-ring (bicyclic) bond motifs is 1. The van der Waals surface area contributed by atoms with Crippen molar-refractivity contribution in [3.05, 3.63) is 59.4 Å². The van der Waals surface area contributed by atoms with Gasteiger partial charge in [0, 0.05) is 29.2 Å². The van der Waals surface area contributed by atoms with Crippen molar-refractivity contribution >= 4 is 10.9 Å². The summed E-state index contributed by atoms with van der Waals surface area (Å²) in [5.41, 5.74) is 8.76. The normalized spacial score (nSPS) is 16.1. The predicted molar refractivity (Wildman–Crippen MR) is 116 cm³/mol. The topological polar surface area (TPSA) is 76.4 Å². The number of rotatable bonds is 5. The molecule has 1 aliphatic rings. The van der Waals surface area contributed by atoms with Crippen LogP contribution < -0.4 is 0 Å². The molecule has 1 saturated heterocycles. The summed E-state index contributed by atoms with van der Waals surface area (Å²) in [6, 6.07) is 7.00. The maximum atomic E-state index is 4.32.